The first-order chi connectivity index (χ1) is 14.1. The molecule has 154 valence electrons. The summed E-state index contributed by atoms with van der Waals surface area (Å²) in [6.45, 7) is 4.60. The summed E-state index contributed by atoms with van der Waals surface area (Å²) in [6, 6.07) is 13.9. The average Bonchev–Trinajstić information content (AvgIpc) is 3.03. The molecule has 0 saturated carbocycles. The van der Waals surface area contributed by atoms with E-state index in [2.05, 4.69) is 22.3 Å². The van der Waals surface area contributed by atoms with Crippen LogP contribution in [0.1, 0.15) is 49.4 Å². The Morgan fingerprint density at radius 1 is 1.17 bits per heavy atom. The molecule has 5 nitrogen and oxygen atoms in total. The maximum absolute atomic E-state index is 12.7. The van der Waals surface area contributed by atoms with Gasteiger partial charge >= 0.3 is 0 Å². The smallest absolute Gasteiger partial charge is 0.234 e. The molecular weight excluding hydrogens is 388 g/mol. The molecule has 1 fully saturated rings. The topological polar surface area (TPSA) is 50.8 Å². The van der Waals surface area contributed by atoms with Crippen molar-refractivity contribution in [2.24, 2.45) is 0 Å². The van der Waals surface area contributed by atoms with Crippen molar-refractivity contribution in [3.63, 3.8) is 0 Å². The SMILES string of the molecule is C[C@@H](NC(=O)CN1CCC[C@@H]1c1ccc2c(c1)OCCCO2)c1ccccc1Cl. The minimum Gasteiger partial charge on any atom is -0.490 e. The molecule has 0 bridgehead atoms. The van der Waals surface area contributed by atoms with Crippen LogP contribution in [0.3, 0.4) is 0 Å². The van der Waals surface area contributed by atoms with Gasteiger partial charge in [0, 0.05) is 17.5 Å². The fraction of sp³-hybridized carbons (Fsp3) is 0.435. The Morgan fingerprint density at radius 3 is 2.79 bits per heavy atom. The number of ether oxygens (including phenoxy) is 2. The number of benzene rings is 2. The van der Waals surface area contributed by atoms with E-state index >= 15 is 0 Å². The Kier molecular flexibility index (Phi) is 6.26. The molecule has 0 radical (unpaired) electrons. The minimum absolute atomic E-state index is 0.0127. The van der Waals surface area contributed by atoms with Gasteiger partial charge in [-0.3, -0.25) is 9.69 Å². The number of carbonyl (C=O) groups excluding carboxylic acids is 1. The zero-order valence-corrected chi connectivity index (χ0v) is 17.5. The lowest BCUT2D eigenvalue weighted by atomic mass is 10.0. The molecule has 29 heavy (non-hydrogen) atoms. The van der Waals surface area contributed by atoms with E-state index in [1.807, 2.05) is 37.3 Å². The molecule has 2 aliphatic heterocycles. The lowest BCUT2D eigenvalue weighted by molar-refractivity contribution is -0.123. The fourth-order valence-corrected chi connectivity index (χ4v) is 4.46. The van der Waals surface area contributed by atoms with E-state index in [0.29, 0.717) is 24.8 Å². The van der Waals surface area contributed by atoms with Crippen molar-refractivity contribution in [3.8, 4) is 11.5 Å². The lowest BCUT2D eigenvalue weighted by Crippen LogP contribution is -2.38. The molecule has 1 saturated heterocycles. The van der Waals surface area contributed by atoms with Gasteiger partial charge in [-0.15, -0.1) is 0 Å². The second kappa shape index (κ2) is 9.06. The molecule has 6 heteroatoms. The van der Waals surface area contributed by atoms with Gasteiger partial charge in [-0.2, -0.15) is 0 Å². The fourth-order valence-electron chi connectivity index (χ4n) is 4.16. The molecule has 1 N–H and O–H groups in total. The first kappa shape index (κ1) is 20.0. The van der Waals surface area contributed by atoms with Crippen LogP contribution in [0.5, 0.6) is 11.5 Å². The lowest BCUT2D eigenvalue weighted by Gasteiger charge is -2.26. The molecule has 2 aromatic carbocycles. The van der Waals surface area contributed by atoms with Crippen LogP contribution in [-0.2, 0) is 4.79 Å². The first-order valence-electron chi connectivity index (χ1n) is 10.3. The predicted octanol–water partition coefficient (Wildman–Crippen LogP) is 4.52. The maximum atomic E-state index is 12.7. The molecule has 2 atom stereocenters. The van der Waals surface area contributed by atoms with E-state index in [4.69, 9.17) is 21.1 Å². The van der Waals surface area contributed by atoms with Crippen LogP contribution in [0.25, 0.3) is 0 Å². The van der Waals surface area contributed by atoms with Gasteiger partial charge in [0.2, 0.25) is 5.91 Å². The van der Waals surface area contributed by atoms with Crippen molar-refractivity contribution >= 4 is 17.5 Å². The monoisotopic (exact) mass is 414 g/mol. The number of halogens is 1. The van der Waals surface area contributed by atoms with Crippen molar-refractivity contribution in [2.45, 2.75) is 38.3 Å². The average molecular weight is 415 g/mol. The number of likely N-dealkylation sites (tertiary alicyclic amines) is 1. The van der Waals surface area contributed by atoms with Crippen molar-refractivity contribution in [2.75, 3.05) is 26.3 Å². The first-order valence-corrected chi connectivity index (χ1v) is 10.7. The van der Waals surface area contributed by atoms with Gasteiger partial charge in [-0.05, 0) is 55.6 Å². The highest BCUT2D eigenvalue weighted by Gasteiger charge is 2.29. The summed E-state index contributed by atoms with van der Waals surface area (Å²) >= 11 is 6.26. The van der Waals surface area contributed by atoms with Crippen LogP contribution in [-0.4, -0.2) is 37.1 Å². The van der Waals surface area contributed by atoms with Gasteiger partial charge in [0.15, 0.2) is 11.5 Å². The van der Waals surface area contributed by atoms with Crippen LogP contribution >= 0.6 is 11.6 Å². The van der Waals surface area contributed by atoms with E-state index < -0.39 is 0 Å². The quantitative estimate of drug-likeness (QED) is 0.781. The summed E-state index contributed by atoms with van der Waals surface area (Å²) in [5.41, 5.74) is 2.11. The van der Waals surface area contributed by atoms with Crippen LogP contribution in [0, 0.1) is 0 Å². The van der Waals surface area contributed by atoms with Crippen molar-refractivity contribution in [1.82, 2.24) is 10.2 Å². The summed E-state index contributed by atoms with van der Waals surface area (Å²) in [5.74, 6) is 1.63. The summed E-state index contributed by atoms with van der Waals surface area (Å²) in [5, 5.41) is 3.76. The number of hydrogen-bond donors (Lipinski definition) is 1. The third-order valence-electron chi connectivity index (χ3n) is 5.62. The van der Waals surface area contributed by atoms with Gasteiger partial charge < -0.3 is 14.8 Å². The van der Waals surface area contributed by atoms with E-state index in [-0.39, 0.29) is 18.0 Å². The van der Waals surface area contributed by atoms with Gasteiger partial charge in [0.1, 0.15) is 0 Å². The van der Waals surface area contributed by atoms with Gasteiger partial charge in [-0.25, -0.2) is 0 Å². The number of nitrogens with one attached hydrogen (secondary N) is 1. The molecule has 2 aliphatic rings. The number of amides is 1. The van der Waals surface area contributed by atoms with Crippen LogP contribution < -0.4 is 14.8 Å². The molecule has 0 unspecified atom stereocenters. The molecule has 2 heterocycles. The summed E-state index contributed by atoms with van der Waals surface area (Å²) < 4.78 is 11.6. The van der Waals surface area contributed by atoms with Crippen LogP contribution in [0.15, 0.2) is 42.5 Å². The Balaban J connectivity index is 1.41. The van der Waals surface area contributed by atoms with Crippen LogP contribution in [0.2, 0.25) is 5.02 Å². The zero-order chi connectivity index (χ0) is 20.2. The second-order valence-corrected chi connectivity index (χ2v) is 8.10. The molecule has 4 rings (SSSR count). The molecular formula is C23H27ClN2O3. The standard InChI is InChI=1S/C23H27ClN2O3/c1-16(18-6-2-3-7-19(18)24)25-23(27)15-26-11-4-8-20(26)17-9-10-21-22(14-17)29-13-5-12-28-21/h2-3,6-7,9-10,14,16,20H,4-5,8,11-13,15H2,1H3,(H,25,27)/t16-,20-/m1/s1. The number of carbonyl (C=O) groups is 1. The number of nitrogens with zero attached hydrogens (tertiary/aromatic N) is 1. The third kappa shape index (κ3) is 4.68. The molecule has 0 aromatic heterocycles. The van der Waals surface area contributed by atoms with Crippen molar-refractivity contribution in [1.29, 1.82) is 0 Å². The van der Waals surface area contributed by atoms with E-state index in [1.54, 1.807) is 0 Å². The van der Waals surface area contributed by atoms with E-state index in [0.717, 1.165) is 42.9 Å². The second-order valence-electron chi connectivity index (χ2n) is 7.70. The Labute approximate surface area is 176 Å². The largest absolute Gasteiger partial charge is 0.490 e. The Morgan fingerprint density at radius 2 is 1.97 bits per heavy atom. The number of rotatable bonds is 5. The van der Waals surface area contributed by atoms with Gasteiger partial charge in [0.05, 0.1) is 25.8 Å². The van der Waals surface area contributed by atoms with E-state index in [1.165, 1.54) is 5.56 Å². The zero-order valence-electron chi connectivity index (χ0n) is 16.7. The third-order valence-corrected chi connectivity index (χ3v) is 5.96. The Bertz CT molecular complexity index is 873. The molecule has 1 amide bonds. The highest BCUT2D eigenvalue weighted by atomic mass is 35.5. The van der Waals surface area contributed by atoms with E-state index in [9.17, 15) is 4.79 Å². The van der Waals surface area contributed by atoms with Gasteiger partial charge in [0.25, 0.3) is 0 Å². The maximum Gasteiger partial charge on any atom is 0.234 e. The van der Waals surface area contributed by atoms with Gasteiger partial charge in [-0.1, -0.05) is 35.9 Å². The molecule has 0 aliphatic carbocycles. The van der Waals surface area contributed by atoms with Crippen molar-refractivity contribution < 1.29 is 14.3 Å². The predicted molar refractivity (Wildman–Crippen MR) is 114 cm³/mol. The summed E-state index contributed by atoms with van der Waals surface area (Å²) in [6.07, 6.45) is 3.00. The Hall–Kier alpha value is -2.24. The minimum atomic E-state index is -0.129. The highest BCUT2D eigenvalue weighted by Crippen LogP contribution is 2.37. The molecule has 2 aromatic rings. The molecule has 0 spiro atoms. The number of fused-ring (bicyclic) bond motifs is 1. The van der Waals surface area contributed by atoms with Crippen LogP contribution in [0.4, 0.5) is 0 Å². The normalized spacial score (nSPS) is 20.1. The summed E-state index contributed by atoms with van der Waals surface area (Å²) in [4.78, 5) is 15.0. The van der Waals surface area contributed by atoms with Crippen molar-refractivity contribution in [3.05, 3.63) is 58.6 Å². The summed E-state index contributed by atoms with van der Waals surface area (Å²) in [7, 11) is 0. The highest BCUT2D eigenvalue weighted by molar-refractivity contribution is 6.31. The number of hydrogen-bond acceptors (Lipinski definition) is 4.